The van der Waals surface area contributed by atoms with E-state index in [9.17, 15) is 25.1 Å². The van der Waals surface area contributed by atoms with Crippen LogP contribution in [0.2, 0.25) is 0 Å². The first-order valence-electron chi connectivity index (χ1n) is 12.2. The first-order chi connectivity index (χ1) is 17.6. The van der Waals surface area contributed by atoms with Crippen LogP contribution in [0.3, 0.4) is 0 Å². The van der Waals surface area contributed by atoms with Gasteiger partial charge in [0.1, 0.15) is 22.5 Å². The highest BCUT2D eigenvalue weighted by Gasteiger charge is 2.46. The number of nitrogens with one attached hydrogen (secondary N) is 1. The van der Waals surface area contributed by atoms with E-state index in [2.05, 4.69) is 23.6 Å². The second kappa shape index (κ2) is 9.83. The number of carbonyl (C=O) groups excluding carboxylic acids is 2. The van der Waals surface area contributed by atoms with Crippen molar-refractivity contribution in [2.45, 2.75) is 63.5 Å². The number of aliphatic hydroxyl groups is 1. The molecular weight excluding hydrogens is 508 g/mol. The fraction of sp³-hybridized carbons (Fsp3) is 0.370. The predicted molar refractivity (Wildman–Crippen MR) is 147 cm³/mol. The average Bonchev–Trinajstić information content (AvgIpc) is 2.85. The average molecular weight is 541 g/mol. The maximum absolute atomic E-state index is 13.8. The van der Waals surface area contributed by atoms with E-state index in [1.807, 2.05) is 0 Å². The molecule has 0 radical (unpaired) electrons. The number of aliphatic hydroxyl groups excluding tert-OH is 1. The summed E-state index contributed by atoms with van der Waals surface area (Å²) in [5.74, 6) is -0.236. The lowest BCUT2D eigenvalue weighted by atomic mass is 9.72. The molecule has 1 amide bonds. The summed E-state index contributed by atoms with van der Waals surface area (Å²) in [5.41, 5.74) is 5.56. The maximum Gasteiger partial charge on any atom is 0.556 e. The van der Waals surface area contributed by atoms with Crippen LogP contribution in [0.25, 0.3) is 5.76 Å². The van der Waals surface area contributed by atoms with Crippen LogP contribution in [0.15, 0.2) is 57.9 Å². The number of rotatable bonds is 5. The number of fused-ring (bicyclic) bond motifs is 2. The summed E-state index contributed by atoms with van der Waals surface area (Å²) in [7, 11) is 0. The number of quaternary nitrogens is 1. The van der Waals surface area contributed by atoms with Gasteiger partial charge in [-0.25, -0.2) is 4.99 Å². The second-order valence-corrected chi connectivity index (χ2v) is 11.7. The number of carbonyl (C=O) groups is 2. The molecule has 5 N–H and O–H groups in total. The molecule has 2 aromatic carbocycles. The van der Waals surface area contributed by atoms with E-state index in [0.29, 0.717) is 40.5 Å². The molecule has 11 heteroatoms. The first-order valence-corrected chi connectivity index (χ1v) is 13.1. The number of amides is 1. The molecule has 38 heavy (non-hydrogen) atoms. The van der Waals surface area contributed by atoms with Gasteiger partial charge in [-0.2, -0.15) is 10.0 Å². The quantitative estimate of drug-likeness (QED) is 0.164. The summed E-state index contributed by atoms with van der Waals surface area (Å²) in [6.45, 7) is 8.86. The lowest BCUT2D eigenvalue weighted by Gasteiger charge is -2.36. The van der Waals surface area contributed by atoms with Crippen LogP contribution in [0.1, 0.15) is 58.6 Å². The molecule has 1 aliphatic heterocycles. The SMILES string of the molecule is CC(C)CCC1(N)C(=O)C(C2=Nc3ccc([N+]([O-])(O)C(=O)OC(C)(C)C)cc3SN2)=C(O)c2ccccc21. The fourth-order valence-corrected chi connectivity index (χ4v) is 5.05. The van der Waals surface area contributed by atoms with Crippen molar-refractivity contribution >= 4 is 46.8 Å². The minimum absolute atomic E-state index is 0.0259. The molecule has 202 valence electrons. The van der Waals surface area contributed by atoms with Crippen molar-refractivity contribution in [2.24, 2.45) is 16.6 Å². The summed E-state index contributed by atoms with van der Waals surface area (Å²) in [6.07, 6.45) is -0.279. The molecule has 0 aromatic heterocycles. The normalized spacial score (nSPS) is 20.8. The number of Topliss-reactive ketones (excluding diaryl/α,β-unsaturated/α-hetero) is 1. The van der Waals surface area contributed by atoms with Gasteiger partial charge in [0.2, 0.25) is 0 Å². The minimum Gasteiger partial charge on any atom is -0.583 e. The highest BCUT2D eigenvalue weighted by molar-refractivity contribution is 7.98. The van der Waals surface area contributed by atoms with Crippen LogP contribution in [-0.4, -0.2) is 33.6 Å². The maximum atomic E-state index is 13.8. The Kier molecular flexibility index (Phi) is 7.19. The Hall–Kier alpha value is -3.22. The van der Waals surface area contributed by atoms with E-state index in [-0.39, 0.29) is 22.9 Å². The Bertz CT molecular complexity index is 1360. The van der Waals surface area contributed by atoms with Crippen LogP contribution < -0.4 is 15.3 Å². The molecule has 0 fully saturated rings. The van der Waals surface area contributed by atoms with Crippen LogP contribution in [-0.2, 0) is 15.1 Å². The molecular formula is C27H32N4O6S. The van der Waals surface area contributed by atoms with Crippen molar-refractivity contribution in [3.05, 3.63) is 64.4 Å². The first kappa shape index (κ1) is 27.8. The smallest absolute Gasteiger partial charge is 0.556 e. The molecule has 4 rings (SSSR count). The third-order valence-corrected chi connectivity index (χ3v) is 7.15. The summed E-state index contributed by atoms with van der Waals surface area (Å²) >= 11 is 1.02. The van der Waals surface area contributed by atoms with Gasteiger partial charge in [0, 0.05) is 17.7 Å². The van der Waals surface area contributed by atoms with Gasteiger partial charge in [0.05, 0.1) is 10.6 Å². The molecule has 0 saturated carbocycles. The zero-order valence-electron chi connectivity index (χ0n) is 21.9. The Morgan fingerprint density at radius 3 is 2.61 bits per heavy atom. The van der Waals surface area contributed by atoms with E-state index in [1.54, 1.807) is 45.0 Å². The van der Waals surface area contributed by atoms with Crippen LogP contribution in [0.5, 0.6) is 0 Å². The number of ketones is 1. The van der Waals surface area contributed by atoms with Crippen molar-refractivity contribution in [3.8, 4) is 0 Å². The molecule has 2 unspecified atom stereocenters. The van der Waals surface area contributed by atoms with Crippen LogP contribution >= 0.6 is 11.9 Å². The molecule has 0 bridgehead atoms. The Morgan fingerprint density at radius 1 is 1.26 bits per heavy atom. The molecule has 0 spiro atoms. The molecule has 1 heterocycles. The number of hydrogen-bond acceptors (Lipinski definition) is 10. The van der Waals surface area contributed by atoms with Crippen molar-refractivity contribution < 1.29 is 24.6 Å². The zero-order chi connectivity index (χ0) is 28.0. The number of nitrogens with two attached hydrogens (primary N) is 1. The minimum atomic E-state index is -2.35. The lowest BCUT2D eigenvalue weighted by molar-refractivity contribution is -0.120. The highest BCUT2D eigenvalue weighted by atomic mass is 32.2. The number of benzene rings is 2. The van der Waals surface area contributed by atoms with Gasteiger partial charge in [-0.05, 0) is 63.1 Å². The molecule has 1 aliphatic carbocycles. The van der Waals surface area contributed by atoms with Crippen molar-refractivity contribution in [3.63, 3.8) is 0 Å². The largest absolute Gasteiger partial charge is 0.583 e. The van der Waals surface area contributed by atoms with Gasteiger partial charge in [-0.1, -0.05) is 42.9 Å². The summed E-state index contributed by atoms with van der Waals surface area (Å²) < 4.78 is 7.99. The third-order valence-electron chi connectivity index (χ3n) is 6.31. The van der Waals surface area contributed by atoms with E-state index in [1.165, 1.54) is 18.2 Å². The molecule has 2 aromatic rings. The zero-order valence-corrected chi connectivity index (χ0v) is 22.8. The predicted octanol–water partition coefficient (Wildman–Crippen LogP) is 5.60. The molecule has 2 atom stereocenters. The number of aliphatic imine (C=N–C) groups is 1. The Balaban J connectivity index is 1.73. The van der Waals surface area contributed by atoms with Gasteiger partial charge in [-0.15, -0.1) is 0 Å². The number of ether oxygens (including phenoxy) is 1. The third kappa shape index (κ3) is 5.07. The van der Waals surface area contributed by atoms with E-state index >= 15 is 0 Å². The molecule has 2 aliphatic rings. The van der Waals surface area contributed by atoms with E-state index in [0.717, 1.165) is 11.9 Å². The van der Waals surface area contributed by atoms with Gasteiger partial charge in [0.25, 0.3) is 0 Å². The van der Waals surface area contributed by atoms with Crippen molar-refractivity contribution in [1.82, 2.24) is 9.53 Å². The van der Waals surface area contributed by atoms with Gasteiger partial charge in [0.15, 0.2) is 17.3 Å². The number of hydrogen-bond donors (Lipinski definition) is 4. The van der Waals surface area contributed by atoms with E-state index < -0.39 is 27.8 Å². The van der Waals surface area contributed by atoms with Crippen LogP contribution in [0, 0.1) is 11.1 Å². The van der Waals surface area contributed by atoms with Gasteiger partial charge in [-0.3, -0.25) is 4.79 Å². The number of nitrogens with zero attached hydrogens (tertiary/aromatic N) is 2. The number of amidine groups is 1. The Labute approximate surface area is 225 Å². The lowest BCUT2D eigenvalue weighted by Crippen LogP contribution is -2.51. The van der Waals surface area contributed by atoms with Gasteiger partial charge < -0.3 is 25.5 Å². The van der Waals surface area contributed by atoms with Crippen LogP contribution in [0.4, 0.5) is 16.2 Å². The second-order valence-electron chi connectivity index (χ2n) is 10.9. The summed E-state index contributed by atoms with van der Waals surface area (Å²) in [5, 5.41) is 34.2. The molecule has 0 saturated heterocycles. The monoisotopic (exact) mass is 540 g/mol. The van der Waals surface area contributed by atoms with Crippen molar-refractivity contribution in [1.29, 1.82) is 0 Å². The van der Waals surface area contributed by atoms with Crippen molar-refractivity contribution in [2.75, 3.05) is 0 Å². The standard InChI is InChI=1S/C27H32N4O6S/c1-15(2)12-13-27(28)18-9-7-6-8-17(18)22(32)21(23(27)33)24-29-19-11-10-16(14-20(19)38-30-24)31(35,36)25(34)37-26(3,4)5/h6-11,14-15,32,35H,12-13,28H2,1-5H3,(H,29,30). The molecule has 10 nitrogen and oxygen atoms in total. The summed E-state index contributed by atoms with van der Waals surface area (Å²) in [4.78, 5) is 28.7. The van der Waals surface area contributed by atoms with Gasteiger partial charge >= 0.3 is 6.09 Å². The fourth-order valence-electron chi connectivity index (χ4n) is 4.30. The Morgan fingerprint density at radius 2 is 1.95 bits per heavy atom. The number of hydroxylamine groups is 2. The van der Waals surface area contributed by atoms with E-state index in [4.69, 9.17) is 10.5 Å². The highest BCUT2D eigenvalue weighted by Crippen LogP contribution is 2.43. The summed E-state index contributed by atoms with van der Waals surface area (Å²) in [6, 6.07) is 11.0. The topological polar surface area (TPSA) is 157 Å².